The predicted molar refractivity (Wildman–Crippen MR) is 200 cm³/mol. The van der Waals surface area contributed by atoms with Crippen LogP contribution in [0, 0.1) is 50.2 Å². The normalized spacial score (nSPS) is 53.8. The van der Waals surface area contributed by atoms with Crippen LogP contribution in [0.1, 0.15) is 99.3 Å². The summed E-state index contributed by atoms with van der Waals surface area (Å²) in [5, 5.41) is 105. The molecule has 0 aromatic carbocycles. The van der Waals surface area contributed by atoms with E-state index in [1.54, 1.807) is 0 Å². The zero-order valence-electron chi connectivity index (χ0n) is 34.4. The Kier molecular flexibility index (Phi) is 11.4. The van der Waals surface area contributed by atoms with E-state index in [0.29, 0.717) is 51.4 Å². The van der Waals surface area contributed by atoms with Gasteiger partial charge >= 0.3 is 11.9 Å². The van der Waals surface area contributed by atoms with E-state index in [0.717, 1.165) is 12.0 Å². The number of carbonyl (C=O) groups excluding carboxylic acids is 2. The smallest absolute Gasteiger partial charge is 0.338 e. The Hall–Kier alpha value is -1.80. The van der Waals surface area contributed by atoms with Crippen molar-refractivity contribution >= 4 is 11.9 Å². The molecule has 16 heteroatoms. The molecule has 0 radical (unpaired) electrons. The third kappa shape index (κ3) is 6.21. The van der Waals surface area contributed by atoms with Crippen molar-refractivity contribution in [2.24, 2.45) is 50.2 Å². The molecule has 0 aromatic heterocycles. The molecule has 0 aromatic rings. The van der Waals surface area contributed by atoms with Crippen molar-refractivity contribution in [3.05, 3.63) is 11.6 Å². The standard InChI is InChI=1S/C42H66O16/c1-37(2)13-15-42(36(54)58-35-30(50)26(46)25(45)20(17-43)55-35)16-14-40(5)19(24(42)32(37)51)7-8-22-38(3)11-10-23(39(4,18-44)21(38)9-12-41(22,40)6)56-34(53)31-28(48)27(47)29(49)33(52)57-31/h7,20-33,35,43-52H,8-18H2,1-6H3/t20-,21-,22+,23+,24+,25-,26+,27+,28+,29-,30-,31+,32+,33-,35+,38+,39+,40-,41-,42+/m1/s1. The average molecular weight is 827 g/mol. The Labute approximate surface area is 339 Å². The van der Waals surface area contributed by atoms with Gasteiger partial charge in [0.1, 0.15) is 48.8 Å². The highest BCUT2D eigenvalue weighted by atomic mass is 16.7. The third-order valence-corrected chi connectivity index (χ3v) is 17.5. The molecule has 0 amide bonds. The molecular formula is C42H66O16. The van der Waals surface area contributed by atoms with Gasteiger partial charge in [0.25, 0.3) is 0 Å². The number of carbonyl (C=O) groups is 2. The number of aliphatic hydroxyl groups excluding tert-OH is 10. The maximum Gasteiger partial charge on any atom is 0.338 e. The van der Waals surface area contributed by atoms with Crippen molar-refractivity contribution in [1.82, 2.24) is 0 Å². The van der Waals surface area contributed by atoms with E-state index < -0.39 is 120 Å². The molecule has 0 unspecified atom stereocenters. The van der Waals surface area contributed by atoms with E-state index in [4.69, 9.17) is 18.9 Å². The number of rotatable bonds is 6. The van der Waals surface area contributed by atoms with E-state index in [-0.39, 0.29) is 29.3 Å². The van der Waals surface area contributed by atoms with Crippen LogP contribution in [-0.2, 0) is 28.5 Å². The quantitative estimate of drug-likeness (QED) is 0.123. The van der Waals surface area contributed by atoms with Gasteiger partial charge in [-0.2, -0.15) is 0 Å². The second-order valence-corrected chi connectivity index (χ2v) is 20.5. The molecule has 2 aliphatic heterocycles. The Bertz CT molecular complexity index is 1620. The molecule has 10 N–H and O–H groups in total. The molecule has 2 heterocycles. The summed E-state index contributed by atoms with van der Waals surface area (Å²) in [7, 11) is 0. The summed E-state index contributed by atoms with van der Waals surface area (Å²) in [6, 6.07) is 0. The van der Waals surface area contributed by atoms with E-state index in [2.05, 4.69) is 26.8 Å². The van der Waals surface area contributed by atoms with E-state index in [1.165, 1.54) is 0 Å². The van der Waals surface area contributed by atoms with Gasteiger partial charge < -0.3 is 70.0 Å². The van der Waals surface area contributed by atoms with Gasteiger partial charge in [-0.1, -0.05) is 53.2 Å². The molecular weight excluding hydrogens is 760 g/mol. The minimum absolute atomic E-state index is 0.0904. The highest BCUT2D eigenvalue weighted by Crippen LogP contribution is 2.76. The zero-order valence-corrected chi connectivity index (χ0v) is 34.4. The van der Waals surface area contributed by atoms with Gasteiger partial charge in [-0.15, -0.1) is 0 Å². The molecule has 5 aliphatic carbocycles. The summed E-state index contributed by atoms with van der Waals surface area (Å²) >= 11 is 0. The van der Waals surface area contributed by atoms with Gasteiger partial charge in [-0.3, -0.25) is 4.79 Å². The first-order valence-corrected chi connectivity index (χ1v) is 21.1. The Morgan fingerprint density at radius 1 is 0.724 bits per heavy atom. The highest BCUT2D eigenvalue weighted by molar-refractivity contribution is 5.79. The molecule has 6 fully saturated rings. The van der Waals surface area contributed by atoms with Crippen molar-refractivity contribution < 1.29 is 79.6 Å². The van der Waals surface area contributed by atoms with Gasteiger partial charge in [0.2, 0.25) is 6.29 Å². The number of aliphatic hydroxyl groups is 10. The lowest BCUT2D eigenvalue weighted by Gasteiger charge is -2.71. The number of hydrogen-bond donors (Lipinski definition) is 10. The van der Waals surface area contributed by atoms with Crippen LogP contribution in [0.15, 0.2) is 11.6 Å². The molecule has 4 saturated carbocycles. The Balaban J connectivity index is 1.18. The van der Waals surface area contributed by atoms with E-state index >= 15 is 0 Å². The number of hydrogen-bond acceptors (Lipinski definition) is 16. The summed E-state index contributed by atoms with van der Waals surface area (Å²) in [6.07, 6.45) is -11.7. The molecule has 0 spiro atoms. The van der Waals surface area contributed by atoms with Crippen LogP contribution < -0.4 is 0 Å². The minimum Gasteiger partial charge on any atom is -0.460 e. The maximum absolute atomic E-state index is 14.6. The summed E-state index contributed by atoms with van der Waals surface area (Å²) in [4.78, 5) is 28.0. The van der Waals surface area contributed by atoms with Gasteiger partial charge in [0.05, 0.1) is 24.7 Å². The topological polar surface area (TPSA) is 273 Å². The lowest BCUT2D eigenvalue weighted by molar-refractivity contribution is -0.298. The SMILES string of the molecule is CC1(C)CC[C@]2(C(=O)O[C@@H]3O[C@H](CO)[C@@H](O)[C@H](O)[C@H]3O)CC[C@]3(C)C(=CC[C@H]4[C@@]5(C)CC[C@H](OC(=O)[C@H]6O[C@@H](O)[C@H](O)[C@@H](O)[C@@H]6O)[C@@](C)(CO)[C@@H]5CC[C@]43C)[C@H]2[C@@H]1O. The van der Waals surface area contributed by atoms with Crippen LogP contribution in [0.4, 0.5) is 0 Å². The number of esters is 2. The number of allylic oxidation sites excluding steroid dienone is 1. The predicted octanol–water partition coefficient (Wildman–Crippen LogP) is -0.214. The molecule has 2 saturated heterocycles. The summed E-state index contributed by atoms with van der Waals surface area (Å²) in [5.74, 6) is -2.33. The Morgan fingerprint density at radius 3 is 2.03 bits per heavy atom. The van der Waals surface area contributed by atoms with Crippen LogP contribution in [0.25, 0.3) is 0 Å². The first-order chi connectivity index (χ1) is 27.0. The van der Waals surface area contributed by atoms with Crippen molar-refractivity contribution in [1.29, 1.82) is 0 Å². The minimum atomic E-state index is -1.91. The van der Waals surface area contributed by atoms with E-state index in [9.17, 15) is 60.7 Å². The maximum atomic E-state index is 14.6. The van der Waals surface area contributed by atoms with Gasteiger partial charge in [0.15, 0.2) is 12.4 Å². The molecule has 7 rings (SSSR count). The Morgan fingerprint density at radius 2 is 1.38 bits per heavy atom. The fraction of sp³-hybridized carbons (Fsp3) is 0.905. The van der Waals surface area contributed by atoms with Gasteiger partial charge in [-0.05, 0) is 91.3 Å². The molecule has 16 nitrogen and oxygen atoms in total. The van der Waals surface area contributed by atoms with Crippen LogP contribution in [0.5, 0.6) is 0 Å². The summed E-state index contributed by atoms with van der Waals surface area (Å²) in [6.45, 7) is 11.7. The first-order valence-electron chi connectivity index (χ1n) is 21.1. The third-order valence-electron chi connectivity index (χ3n) is 17.5. The van der Waals surface area contributed by atoms with E-state index in [1.807, 2.05) is 20.8 Å². The fourth-order valence-corrected chi connectivity index (χ4v) is 13.4. The van der Waals surface area contributed by atoms with Gasteiger partial charge in [0, 0.05) is 11.3 Å². The summed E-state index contributed by atoms with van der Waals surface area (Å²) in [5.41, 5.74) is -2.80. The van der Waals surface area contributed by atoms with Crippen LogP contribution in [-0.4, -0.2) is 150 Å². The monoisotopic (exact) mass is 826 g/mol. The van der Waals surface area contributed by atoms with Crippen molar-refractivity contribution in [3.63, 3.8) is 0 Å². The molecule has 0 bridgehead atoms. The van der Waals surface area contributed by atoms with Crippen molar-refractivity contribution in [2.45, 2.75) is 173 Å². The van der Waals surface area contributed by atoms with Gasteiger partial charge in [-0.25, -0.2) is 4.79 Å². The fourth-order valence-electron chi connectivity index (χ4n) is 13.4. The zero-order chi connectivity index (χ0) is 42.7. The largest absolute Gasteiger partial charge is 0.460 e. The lowest BCUT2D eigenvalue weighted by atomic mass is 9.33. The second-order valence-electron chi connectivity index (χ2n) is 20.5. The van der Waals surface area contributed by atoms with Crippen molar-refractivity contribution in [2.75, 3.05) is 13.2 Å². The average Bonchev–Trinajstić information content (AvgIpc) is 3.18. The highest BCUT2D eigenvalue weighted by Gasteiger charge is 2.72. The summed E-state index contributed by atoms with van der Waals surface area (Å²) < 4.78 is 22.6. The molecule has 330 valence electrons. The molecule has 20 atom stereocenters. The molecule has 7 aliphatic rings. The molecule has 58 heavy (non-hydrogen) atoms. The lowest BCUT2D eigenvalue weighted by Crippen LogP contribution is -2.68. The van der Waals surface area contributed by atoms with Crippen molar-refractivity contribution in [3.8, 4) is 0 Å². The van der Waals surface area contributed by atoms with Crippen LogP contribution in [0.2, 0.25) is 0 Å². The van der Waals surface area contributed by atoms with Crippen LogP contribution >= 0.6 is 0 Å². The van der Waals surface area contributed by atoms with Crippen LogP contribution in [0.3, 0.4) is 0 Å². The second kappa shape index (κ2) is 14.9. The number of fused-ring (bicyclic) bond motifs is 7. The first kappa shape index (κ1) is 44.3. The number of ether oxygens (including phenoxy) is 4.